The molecule has 0 aromatic heterocycles. The molecule has 19 heavy (non-hydrogen) atoms. The lowest BCUT2D eigenvalue weighted by Gasteiger charge is -2.15. The number of ether oxygens (including phenoxy) is 1. The molecule has 1 unspecified atom stereocenters. The van der Waals surface area contributed by atoms with Crippen molar-refractivity contribution in [3.8, 4) is 0 Å². The average Bonchev–Trinajstić information content (AvgIpc) is 2.38. The summed E-state index contributed by atoms with van der Waals surface area (Å²) in [5, 5.41) is 14.2. The van der Waals surface area contributed by atoms with Crippen LogP contribution < -0.4 is 10.6 Å². The molecule has 2 amide bonds. The minimum absolute atomic E-state index is 0.0311. The van der Waals surface area contributed by atoms with E-state index in [-0.39, 0.29) is 19.0 Å². The van der Waals surface area contributed by atoms with Gasteiger partial charge < -0.3 is 20.5 Å². The van der Waals surface area contributed by atoms with Crippen molar-refractivity contribution in [1.29, 1.82) is 0 Å². The molecule has 1 aromatic carbocycles. The SMILES string of the molecule is COCC(CO)NC(=O)Nc1ccc(C(C)=O)cc1. The zero-order chi connectivity index (χ0) is 14.3. The Hall–Kier alpha value is -1.92. The molecule has 0 radical (unpaired) electrons. The van der Waals surface area contributed by atoms with Crippen molar-refractivity contribution in [2.24, 2.45) is 0 Å². The van der Waals surface area contributed by atoms with Crippen LogP contribution >= 0.6 is 0 Å². The third-order valence-electron chi connectivity index (χ3n) is 2.47. The van der Waals surface area contributed by atoms with Crippen LogP contribution in [0.4, 0.5) is 10.5 Å². The number of Topliss-reactive ketones (excluding diaryl/α,β-unsaturated/α-hetero) is 1. The second kappa shape index (κ2) is 7.50. The van der Waals surface area contributed by atoms with E-state index in [0.29, 0.717) is 11.3 Å². The summed E-state index contributed by atoms with van der Waals surface area (Å²) in [5.41, 5.74) is 1.15. The number of amides is 2. The van der Waals surface area contributed by atoms with Gasteiger partial charge in [0.2, 0.25) is 0 Å². The van der Waals surface area contributed by atoms with Crippen molar-refractivity contribution in [3.05, 3.63) is 29.8 Å². The smallest absolute Gasteiger partial charge is 0.319 e. The van der Waals surface area contributed by atoms with Crippen LogP contribution in [0.3, 0.4) is 0 Å². The molecular weight excluding hydrogens is 248 g/mol. The van der Waals surface area contributed by atoms with Crippen LogP contribution in [-0.4, -0.2) is 43.3 Å². The number of carbonyl (C=O) groups is 2. The lowest BCUT2D eigenvalue weighted by molar-refractivity contribution is 0.101. The maximum absolute atomic E-state index is 11.6. The van der Waals surface area contributed by atoms with Crippen molar-refractivity contribution in [2.75, 3.05) is 25.6 Å². The molecule has 6 nitrogen and oxygen atoms in total. The Morgan fingerprint density at radius 2 is 1.95 bits per heavy atom. The molecule has 3 N–H and O–H groups in total. The normalized spacial score (nSPS) is 11.7. The largest absolute Gasteiger partial charge is 0.394 e. The number of aliphatic hydroxyl groups excluding tert-OH is 1. The van der Waals surface area contributed by atoms with Gasteiger partial charge in [-0.2, -0.15) is 0 Å². The number of hydrogen-bond acceptors (Lipinski definition) is 4. The summed E-state index contributed by atoms with van der Waals surface area (Å²) >= 11 is 0. The van der Waals surface area contributed by atoms with Gasteiger partial charge in [0.25, 0.3) is 0 Å². The molecule has 1 atom stereocenters. The number of urea groups is 1. The molecular formula is C13H18N2O4. The fourth-order valence-corrected chi connectivity index (χ4v) is 1.48. The Balaban J connectivity index is 2.54. The highest BCUT2D eigenvalue weighted by Crippen LogP contribution is 2.09. The van der Waals surface area contributed by atoms with Crippen LogP contribution in [0.2, 0.25) is 0 Å². The van der Waals surface area contributed by atoms with Gasteiger partial charge in [0, 0.05) is 18.4 Å². The highest BCUT2D eigenvalue weighted by atomic mass is 16.5. The van der Waals surface area contributed by atoms with Crippen LogP contribution in [0.1, 0.15) is 17.3 Å². The highest BCUT2D eigenvalue weighted by molar-refractivity contribution is 5.95. The fourth-order valence-electron chi connectivity index (χ4n) is 1.48. The maximum Gasteiger partial charge on any atom is 0.319 e. The molecule has 1 aromatic rings. The molecule has 0 aliphatic heterocycles. The van der Waals surface area contributed by atoms with Gasteiger partial charge in [-0.1, -0.05) is 0 Å². The predicted molar refractivity (Wildman–Crippen MR) is 71.4 cm³/mol. The quantitative estimate of drug-likeness (QED) is 0.671. The summed E-state index contributed by atoms with van der Waals surface area (Å²) < 4.78 is 4.85. The Labute approximate surface area is 111 Å². The number of aliphatic hydroxyl groups is 1. The molecule has 6 heteroatoms. The molecule has 0 aliphatic rings. The van der Waals surface area contributed by atoms with Crippen LogP contribution in [0.5, 0.6) is 0 Å². The molecule has 0 heterocycles. The first-order chi connectivity index (χ1) is 9.06. The van der Waals surface area contributed by atoms with Crippen molar-refractivity contribution < 1.29 is 19.4 Å². The third-order valence-corrected chi connectivity index (χ3v) is 2.47. The Bertz CT molecular complexity index is 431. The first-order valence-electron chi connectivity index (χ1n) is 5.85. The average molecular weight is 266 g/mol. The zero-order valence-electron chi connectivity index (χ0n) is 11.0. The van der Waals surface area contributed by atoms with E-state index >= 15 is 0 Å². The molecule has 0 spiro atoms. The zero-order valence-corrected chi connectivity index (χ0v) is 11.0. The van der Waals surface area contributed by atoms with Crippen LogP contribution in [0.25, 0.3) is 0 Å². The monoisotopic (exact) mass is 266 g/mol. The molecule has 0 saturated carbocycles. The Kier molecular flexibility index (Phi) is 5.98. The second-order valence-electron chi connectivity index (χ2n) is 4.07. The van der Waals surface area contributed by atoms with Gasteiger partial charge in [0.1, 0.15) is 0 Å². The van der Waals surface area contributed by atoms with Crippen molar-refractivity contribution in [1.82, 2.24) is 5.32 Å². The van der Waals surface area contributed by atoms with E-state index in [1.807, 2.05) is 0 Å². The van der Waals surface area contributed by atoms with Gasteiger partial charge in [-0.25, -0.2) is 4.79 Å². The van der Waals surface area contributed by atoms with E-state index in [0.717, 1.165) is 0 Å². The lowest BCUT2D eigenvalue weighted by Crippen LogP contribution is -2.42. The molecule has 104 valence electrons. The fraction of sp³-hybridized carbons (Fsp3) is 0.385. The molecule has 0 aliphatic carbocycles. The second-order valence-corrected chi connectivity index (χ2v) is 4.07. The number of nitrogens with one attached hydrogen (secondary N) is 2. The summed E-state index contributed by atoms with van der Waals surface area (Å²) in [4.78, 5) is 22.7. The minimum Gasteiger partial charge on any atom is -0.394 e. The Morgan fingerprint density at radius 3 is 2.42 bits per heavy atom. The van der Waals surface area contributed by atoms with Crippen LogP contribution in [-0.2, 0) is 4.74 Å². The number of rotatable bonds is 6. The van der Waals surface area contributed by atoms with E-state index in [9.17, 15) is 9.59 Å². The predicted octanol–water partition coefficient (Wildman–Crippen LogP) is 1.02. The van der Waals surface area contributed by atoms with E-state index < -0.39 is 12.1 Å². The number of anilines is 1. The summed E-state index contributed by atoms with van der Waals surface area (Å²) in [6.45, 7) is 1.50. The summed E-state index contributed by atoms with van der Waals surface area (Å²) in [7, 11) is 1.49. The number of methoxy groups -OCH3 is 1. The van der Waals surface area contributed by atoms with E-state index in [4.69, 9.17) is 9.84 Å². The van der Waals surface area contributed by atoms with E-state index in [2.05, 4.69) is 10.6 Å². The first-order valence-corrected chi connectivity index (χ1v) is 5.85. The standard InChI is InChI=1S/C13H18N2O4/c1-9(17)10-3-5-11(6-4-10)14-13(18)15-12(7-16)8-19-2/h3-6,12,16H,7-8H2,1-2H3,(H2,14,15,18). The molecule has 0 saturated heterocycles. The van der Waals surface area contributed by atoms with Crippen molar-refractivity contribution in [2.45, 2.75) is 13.0 Å². The molecule has 0 bridgehead atoms. The van der Waals surface area contributed by atoms with Crippen LogP contribution in [0.15, 0.2) is 24.3 Å². The lowest BCUT2D eigenvalue weighted by atomic mass is 10.1. The number of benzene rings is 1. The topological polar surface area (TPSA) is 87.7 Å². The third kappa shape index (κ3) is 5.07. The Morgan fingerprint density at radius 1 is 1.32 bits per heavy atom. The summed E-state index contributed by atoms with van der Waals surface area (Å²) in [5.74, 6) is -0.0311. The number of hydrogen-bond donors (Lipinski definition) is 3. The van der Waals surface area contributed by atoms with Crippen LogP contribution in [0, 0.1) is 0 Å². The molecule has 0 fully saturated rings. The van der Waals surface area contributed by atoms with E-state index in [1.54, 1.807) is 24.3 Å². The van der Waals surface area contributed by atoms with Gasteiger partial charge in [-0.3, -0.25) is 4.79 Å². The van der Waals surface area contributed by atoms with Gasteiger partial charge >= 0.3 is 6.03 Å². The van der Waals surface area contributed by atoms with Crippen molar-refractivity contribution in [3.63, 3.8) is 0 Å². The number of carbonyl (C=O) groups excluding carboxylic acids is 2. The van der Waals surface area contributed by atoms with Crippen molar-refractivity contribution >= 4 is 17.5 Å². The first kappa shape index (κ1) is 15.1. The number of ketones is 1. The van der Waals surface area contributed by atoms with Gasteiger partial charge in [-0.15, -0.1) is 0 Å². The summed E-state index contributed by atoms with van der Waals surface area (Å²) in [6, 6.07) is 5.65. The summed E-state index contributed by atoms with van der Waals surface area (Å²) in [6.07, 6.45) is 0. The molecule has 1 rings (SSSR count). The van der Waals surface area contributed by atoms with Gasteiger partial charge in [0.05, 0.1) is 19.3 Å². The minimum atomic E-state index is -0.457. The van der Waals surface area contributed by atoms with E-state index in [1.165, 1.54) is 14.0 Å². The van der Waals surface area contributed by atoms with Gasteiger partial charge in [0.15, 0.2) is 5.78 Å². The highest BCUT2D eigenvalue weighted by Gasteiger charge is 2.10. The van der Waals surface area contributed by atoms with Gasteiger partial charge in [-0.05, 0) is 31.2 Å². The maximum atomic E-state index is 11.6.